The van der Waals surface area contributed by atoms with E-state index in [0.29, 0.717) is 12.0 Å². The van der Waals surface area contributed by atoms with Crippen LogP contribution >= 0.6 is 0 Å². The van der Waals surface area contributed by atoms with Gasteiger partial charge < -0.3 is 20.2 Å². The number of imidazole rings is 1. The number of aromatic amines is 1. The number of H-pyrrole nitrogens is 1. The van der Waals surface area contributed by atoms with E-state index in [9.17, 15) is 9.59 Å². The minimum Gasteiger partial charge on any atom is -0.465 e. The maximum absolute atomic E-state index is 10.4. The lowest BCUT2D eigenvalue weighted by molar-refractivity contribution is -0.109. The molecule has 1 rings (SSSR count). The van der Waals surface area contributed by atoms with Gasteiger partial charge in [0.2, 0.25) is 0 Å². The van der Waals surface area contributed by atoms with Crippen LogP contribution in [0.15, 0.2) is 12.5 Å². The average Bonchev–Trinajstić information content (AvgIpc) is 2.55. The fraction of sp³-hybridized carbons (Fsp3) is 0.286. The summed E-state index contributed by atoms with van der Waals surface area (Å²) in [6, 6.07) is -0.735. The van der Waals surface area contributed by atoms with Gasteiger partial charge in [-0.05, 0) is 0 Å². The Hall–Kier alpha value is -1.85. The van der Waals surface area contributed by atoms with Crippen LogP contribution in [0, 0.1) is 0 Å². The molecule has 0 fully saturated rings. The molecule has 0 bridgehead atoms. The van der Waals surface area contributed by atoms with E-state index in [4.69, 9.17) is 5.11 Å². The Morgan fingerprint density at radius 1 is 1.85 bits per heavy atom. The van der Waals surface area contributed by atoms with Crippen LogP contribution in [0.4, 0.5) is 4.79 Å². The number of hydrogen-bond donors (Lipinski definition) is 3. The molecule has 0 radical (unpaired) electrons. The summed E-state index contributed by atoms with van der Waals surface area (Å²) in [5.41, 5.74) is 0.644. The molecule has 0 spiro atoms. The quantitative estimate of drug-likeness (QED) is 0.562. The van der Waals surface area contributed by atoms with Gasteiger partial charge in [-0.15, -0.1) is 0 Å². The van der Waals surface area contributed by atoms with Crippen molar-refractivity contribution in [2.45, 2.75) is 12.5 Å². The van der Waals surface area contributed by atoms with Crippen molar-refractivity contribution < 1.29 is 14.7 Å². The maximum atomic E-state index is 10.4. The molecule has 3 N–H and O–H groups in total. The first kappa shape index (κ1) is 9.24. The molecule has 13 heavy (non-hydrogen) atoms. The van der Waals surface area contributed by atoms with E-state index < -0.39 is 12.1 Å². The number of nitrogens with zero attached hydrogens (tertiary/aromatic N) is 1. The van der Waals surface area contributed by atoms with Gasteiger partial charge in [0, 0.05) is 12.6 Å². The van der Waals surface area contributed by atoms with Crippen molar-refractivity contribution in [2.75, 3.05) is 0 Å². The third-order valence-electron chi connectivity index (χ3n) is 1.46. The van der Waals surface area contributed by atoms with Gasteiger partial charge in [-0.25, -0.2) is 9.78 Å². The zero-order valence-corrected chi connectivity index (χ0v) is 6.73. The zero-order chi connectivity index (χ0) is 9.68. The number of carboxylic acid groups (broad SMARTS) is 1. The predicted octanol–water partition coefficient (Wildman–Crippen LogP) is -0.213. The number of aldehydes is 1. The molecule has 1 heterocycles. The Morgan fingerprint density at radius 2 is 2.62 bits per heavy atom. The van der Waals surface area contributed by atoms with Gasteiger partial charge in [-0.2, -0.15) is 0 Å². The summed E-state index contributed by atoms with van der Waals surface area (Å²) in [5.74, 6) is 0. The Bertz CT molecular complexity index is 283. The molecule has 1 aromatic rings. The summed E-state index contributed by atoms with van der Waals surface area (Å²) in [4.78, 5) is 27.2. The van der Waals surface area contributed by atoms with Gasteiger partial charge in [-0.1, -0.05) is 0 Å². The highest BCUT2D eigenvalue weighted by molar-refractivity contribution is 5.71. The molecule has 0 aliphatic heterocycles. The minimum atomic E-state index is -1.22. The summed E-state index contributed by atoms with van der Waals surface area (Å²) in [5, 5.41) is 10.4. The lowest BCUT2D eigenvalue weighted by atomic mass is 10.2. The number of nitrogens with one attached hydrogen (secondary N) is 2. The van der Waals surface area contributed by atoms with Crippen LogP contribution in [0.1, 0.15) is 5.69 Å². The highest BCUT2D eigenvalue weighted by Gasteiger charge is 2.11. The van der Waals surface area contributed by atoms with Crippen LogP contribution in [-0.2, 0) is 11.2 Å². The normalized spacial score (nSPS) is 12.0. The Labute approximate surface area is 74.0 Å². The van der Waals surface area contributed by atoms with E-state index in [2.05, 4.69) is 15.3 Å². The van der Waals surface area contributed by atoms with E-state index in [1.807, 2.05) is 0 Å². The third kappa shape index (κ3) is 2.94. The molecule has 6 nitrogen and oxygen atoms in total. The molecule has 1 amide bonds. The summed E-state index contributed by atoms with van der Waals surface area (Å²) >= 11 is 0. The van der Waals surface area contributed by atoms with E-state index >= 15 is 0 Å². The molecule has 1 aromatic heterocycles. The molecule has 0 aromatic carbocycles. The van der Waals surface area contributed by atoms with Gasteiger partial charge in [0.1, 0.15) is 6.29 Å². The second kappa shape index (κ2) is 4.24. The fourth-order valence-electron chi connectivity index (χ4n) is 0.920. The van der Waals surface area contributed by atoms with Crippen LogP contribution in [0.5, 0.6) is 0 Å². The number of aromatic nitrogens is 2. The van der Waals surface area contributed by atoms with Crippen molar-refractivity contribution in [3.8, 4) is 0 Å². The van der Waals surface area contributed by atoms with Crippen LogP contribution < -0.4 is 5.32 Å². The van der Waals surface area contributed by atoms with E-state index in [0.717, 1.165) is 0 Å². The van der Waals surface area contributed by atoms with Crippen LogP contribution in [-0.4, -0.2) is 33.5 Å². The molecule has 0 aliphatic rings. The molecule has 0 aliphatic carbocycles. The van der Waals surface area contributed by atoms with Gasteiger partial charge >= 0.3 is 6.09 Å². The number of carbonyl (C=O) groups excluding carboxylic acids is 1. The van der Waals surface area contributed by atoms with Gasteiger partial charge in [-0.3, -0.25) is 0 Å². The molecular weight excluding hydrogens is 174 g/mol. The maximum Gasteiger partial charge on any atom is 0.405 e. The first-order valence-corrected chi connectivity index (χ1v) is 3.65. The second-order valence-corrected chi connectivity index (χ2v) is 2.46. The average molecular weight is 183 g/mol. The summed E-state index contributed by atoms with van der Waals surface area (Å²) in [7, 11) is 0. The first-order valence-electron chi connectivity index (χ1n) is 3.65. The summed E-state index contributed by atoms with van der Waals surface area (Å²) < 4.78 is 0. The van der Waals surface area contributed by atoms with Crippen LogP contribution in [0.2, 0.25) is 0 Å². The minimum absolute atomic E-state index is 0.263. The molecule has 1 unspecified atom stereocenters. The van der Waals surface area contributed by atoms with Crippen molar-refractivity contribution in [1.29, 1.82) is 0 Å². The molecule has 6 heteroatoms. The van der Waals surface area contributed by atoms with E-state index in [1.165, 1.54) is 6.33 Å². The number of rotatable bonds is 4. The van der Waals surface area contributed by atoms with Crippen molar-refractivity contribution in [2.24, 2.45) is 0 Å². The number of hydrogen-bond acceptors (Lipinski definition) is 3. The third-order valence-corrected chi connectivity index (χ3v) is 1.46. The molecule has 0 saturated carbocycles. The SMILES string of the molecule is O=CC(Cc1c[nH]cn1)NC(=O)O. The van der Waals surface area contributed by atoms with Gasteiger partial charge in [0.05, 0.1) is 18.1 Å². The standard InChI is InChI=1S/C7H9N3O3/c11-3-6(10-7(12)13)1-5-2-8-4-9-5/h2-4,6,10H,1H2,(H,8,9)(H,12,13). The lowest BCUT2D eigenvalue weighted by Crippen LogP contribution is -2.36. The first-order chi connectivity index (χ1) is 6.22. The van der Waals surface area contributed by atoms with Crippen LogP contribution in [0.25, 0.3) is 0 Å². The van der Waals surface area contributed by atoms with Crippen molar-refractivity contribution in [3.63, 3.8) is 0 Å². The topological polar surface area (TPSA) is 95.1 Å². The largest absolute Gasteiger partial charge is 0.465 e. The molecular formula is C7H9N3O3. The second-order valence-electron chi connectivity index (χ2n) is 2.46. The smallest absolute Gasteiger partial charge is 0.405 e. The van der Waals surface area contributed by atoms with Gasteiger partial charge in [0.15, 0.2) is 0 Å². The summed E-state index contributed by atoms with van der Waals surface area (Å²) in [6.07, 6.45) is 2.67. The van der Waals surface area contributed by atoms with Crippen LogP contribution in [0.3, 0.4) is 0 Å². The lowest BCUT2D eigenvalue weighted by Gasteiger charge is -2.06. The van der Waals surface area contributed by atoms with E-state index in [1.54, 1.807) is 6.20 Å². The molecule has 70 valence electrons. The summed E-state index contributed by atoms with van der Waals surface area (Å²) in [6.45, 7) is 0. The van der Waals surface area contributed by atoms with Crippen molar-refractivity contribution in [1.82, 2.24) is 15.3 Å². The number of amides is 1. The van der Waals surface area contributed by atoms with Gasteiger partial charge in [0.25, 0.3) is 0 Å². The predicted molar refractivity (Wildman–Crippen MR) is 43.3 cm³/mol. The molecule has 1 atom stereocenters. The highest BCUT2D eigenvalue weighted by Crippen LogP contribution is 1.95. The zero-order valence-electron chi connectivity index (χ0n) is 6.73. The number of carbonyl (C=O) groups is 2. The Kier molecular flexibility index (Phi) is 3.02. The Balaban J connectivity index is 2.49. The highest BCUT2D eigenvalue weighted by atomic mass is 16.4. The fourth-order valence-corrected chi connectivity index (χ4v) is 0.920. The van der Waals surface area contributed by atoms with E-state index in [-0.39, 0.29) is 6.42 Å². The molecule has 0 saturated heterocycles. The Morgan fingerprint density at radius 3 is 3.08 bits per heavy atom. The monoisotopic (exact) mass is 183 g/mol. The van der Waals surface area contributed by atoms with Crippen molar-refractivity contribution >= 4 is 12.4 Å². The van der Waals surface area contributed by atoms with Crippen molar-refractivity contribution in [3.05, 3.63) is 18.2 Å².